The van der Waals surface area contributed by atoms with E-state index in [-0.39, 0.29) is 11.9 Å². The molecule has 1 aromatic heterocycles. The van der Waals surface area contributed by atoms with Crippen LogP contribution >= 0.6 is 23.2 Å². The topological polar surface area (TPSA) is 39.3 Å². The van der Waals surface area contributed by atoms with Gasteiger partial charge < -0.3 is 9.88 Å². The third kappa shape index (κ3) is 4.77. The summed E-state index contributed by atoms with van der Waals surface area (Å²) in [5.41, 5.74) is 3.49. The number of hydrogen-bond donors (Lipinski definition) is 1. The monoisotopic (exact) mass is 429 g/mol. The Morgan fingerprint density at radius 1 is 1.17 bits per heavy atom. The molecule has 152 valence electrons. The Balaban J connectivity index is 1.32. The number of nitrogens with one attached hydrogen (secondary N) is 1. The number of carbonyl (C=O) groups excluding carboxylic acids is 1. The van der Waals surface area contributed by atoms with Crippen molar-refractivity contribution >= 4 is 40.0 Å². The van der Waals surface area contributed by atoms with Gasteiger partial charge in [-0.1, -0.05) is 41.4 Å². The number of benzene rings is 2. The minimum absolute atomic E-state index is 0.233. The molecule has 0 spiro atoms. The van der Waals surface area contributed by atoms with Gasteiger partial charge in [0.05, 0.1) is 0 Å². The van der Waals surface area contributed by atoms with E-state index in [4.69, 9.17) is 23.2 Å². The molecule has 1 aliphatic heterocycles. The highest BCUT2D eigenvalue weighted by Gasteiger charge is 2.28. The number of carbonyl (C=O) groups is 1. The maximum atomic E-state index is 12.7. The Morgan fingerprint density at radius 3 is 2.69 bits per heavy atom. The van der Waals surface area contributed by atoms with Gasteiger partial charge in [-0.2, -0.15) is 0 Å². The summed E-state index contributed by atoms with van der Waals surface area (Å²) in [4.78, 5) is 20.3. The Morgan fingerprint density at radius 2 is 1.93 bits per heavy atom. The molecule has 1 fully saturated rings. The molecule has 0 bridgehead atoms. The average Bonchev–Trinajstić information content (AvgIpc) is 3.09. The molecule has 0 saturated carbocycles. The fourth-order valence-electron chi connectivity index (χ4n) is 4.19. The summed E-state index contributed by atoms with van der Waals surface area (Å²) in [6, 6.07) is 14.1. The normalized spacial score (nSPS) is 17.4. The fraction of sp³-hybridized carbons (Fsp3) is 0.348. The Hall–Kier alpha value is -2.01. The highest BCUT2D eigenvalue weighted by atomic mass is 35.5. The lowest BCUT2D eigenvalue weighted by Gasteiger charge is -2.36. The van der Waals surface area contributed by atoms with E-state index >= 15 is 0 Å². The van der Waals surface area contributed by atoms with Gasteiger partial charge in [0.25, 0.3) is 0 Å². The Kier molecular flexibility index (Phi) is 6.14. The van der Waals surface area contributed by atoms with Gasteiger partial charge in [0.2, 0.25) is 5.91 Å². The van der Waals surface area contributed by atoms with Crippen molar-refractivity contribution < 1.29 is 4.79 Å². The molecule has 3 aromatic rings. The second-order valence-electron chi connectivity index (χ2n) is 7.83. The maximum absolute atomic E-state index is 12.7. The van der Waals surface area contributed by atoms with Crippen LogP contribution in [0.3, 0.4) is 0 Å². The van der Waals surface area contributed by atoms with E-state index in [0.717, 1.165) is 43.6 Å². The maximum Gasteiger partial charge on any atom is 0.224 e. The Labute approximate surface area is 181 Å². The lowest BCUT2D eigenvalue weighted by atomic mass is 10.0. The first kappa shape index (κ1) is 20.3. The summed E-state index contributed by atoms with van der Waals surface area (Å²) in [7, 11) is 2.06. The lowest BCUT2D eigenvalue weighted by molar-refractivity contribution is -0.135. The largest absolute Gasteiger partial charge is 0.361 e. The van der Waals surface area contributed by atoms with Crippen molar-refractivity contribution in [3.8, 4) is 0 Å². The van der Waals surface area contributed by atoms with Crippen LogP contribution in [0.5, 0.6) is 0 Å². The van der Waals surface area contributed by atoms with E-state index in [1.165, 1.54) is 10.9 Å². The average molecular weight is 430 g/mol. The van der Waals surface area contributed by atoms with Crippen molar-refractivity contribution in [2.24, 2.45) is 0 Å². The van der Waals surface area contributed by atoms with E-state index < -0.39 is 0 Å². The van der Waals surface area contributed by atoms with Crippen molar-refractivity contribution in [3.63, 3.8) is 0 Å². The van der Waals surface area contributed by atoms with Crippen LogP contribution in [-0.4, -0.2) is 46.9 Å². The summed E-state index contributed by atoms with van der Waals surface area (Å²) in [6.07, 6.45) is 4.46. The van der Waals surface area contributed by atoms with Crippen molar-refractivity contribution in [1.29, 1.82) is 0 Å². The van der Waals surface area contributed by atoms with Crippen molar-refractivity contribution in [3.05, 3.63) is 69.8 Å². The number of H-pyrrole nitrogens is 1. The zero-order valence-electron chi connectivity index (χ0n) is 16.5. The molecule has 0 aliphatic carbocycles. The fourth-order valence-corrected chi connectivity index (χ4v) is 4.76. The van der Waals surface area contributed by atoms with Crippen molar-refractivity contribution in [2.75, 3.05) is 20.1 Å². The quantitative estimate of drug-likeness (QED) is 0.588. The minimum atomic E-state index is 0.233. The summed E-state index contributed by atoms with van der Waals surface area (Å²) in [5, 5.41) is 2.53. The number of likely N-dealkylation sites (tertiary alicyclic amines) is 1. The van der Waals surface area contributed by atoms with Crippen LogP contribution in [0.2, 0.25) is 10.0 Å². The van der Waals surface area contributed by atoms with Gasteiger partial charge in [-0.25, -0.2) is 0 Å². The molecule has 1 N–H and O–H groups in total. The molecule has 4 nitrogen and oxygen atoms in total. The van der Waals surface area contributed by atoms with E-state index in [9.17, 15) is 4.79 Å². The van der Waals surface area contributed by atoms with E-state index in [2.05, 4.69) is 41.3 Å². The molecular weight excluding hydrogens is 405 g/mol. The molecule has 0 radical (unpaired) electrons. The number of halogens is 2. The van der Waals surface area contributed by atoms with Gasteiger partial charge in [0.15, 0.2) is 0 Å². The van der Waals surface area contributed by atoms with Gasteiger partial charge in [0.1, 0.15) is 0 Å². The molecule has 4 rings (SSSR count). The van der Waals surface area contributed by atoms with Crippen LogP contribution in [-0.2, 0) is 17.8 Å². The molecular formula is C23H25Cl2N3O. The molecule has 1 aliphatic rings. The second kappa shape index (κ2) is 8.78. The summed E-state index contributed by atoms with van der Waals surface area (Å²) in [5.74, 6) is 0.233. The number of aromatic nitrogens is 1. The third-order valence-corrected chi connectivity index (χ3v) is 6.24. The first-order valence-electron chi connectivity index (χ1n) is 9.97. The zero-order valence-corrected chi connectivity index (χ0v) is 18.0. The number of aromatic amines is 1. The van der Waals surface area contributed by atoms with Crippen molar-refractivity contribution in [2.45, 2.75) is 31.8 Å². The van der Waals surface area contributed by atoms with Gasteiger partial charge in [0, 0.05) is 59.2 Å². The number of fused-ring (bicyclic) bond motifs is 1. The predicted octanol–water partition coefficient (Wildman–Crippen LogP) is 5.14. The first-order chi connectivity index (χ1) is 14.0. The van der Waals surface area contributed by atoms with E-state index in [1.54, 1.807) is 6.07 Å². The molecule has 6 heteroatoms. The van der Waals surface area contributed by atoms with E-state index in [0.29, 0.717) is 16.5 Å². The van der Waals surface area contributed by atoms with Gasteiger partial charge in [-0.05, 0) is 55.3 Å². The minimum Gasteiger partial charge on any atom is -0.361 e. The lowest BCUT2D eigenvalue weighted by Crippen LogP contribution is -2.46. The van der Waals surface area contributed by atoms with Crippen LogP contribution in [0.4, 0.5) is 0 Å². The SMILES string of the molecule is CN(Cc1cc(Cl)cc(Cl)c1)C1CCN(CCc2c[nH]c3ccccc23)C(=O)C1. The second-order valence-corrected chi connectivity index (χ2v) is 8.70. The highest BCUT2D eigenvalue weighted by Crippen LogP contribution is 2.24. The van der Waals surface area contributed by atoms with Crippen LogP contribution in [0, 0.1) is 0 Å². The van der Waals surface area contributed by atoms with Crippen LogP contribution in [0.15, 0.2) is 48.7 Å². The number of hydrogen-bond acceptors (Lipinski definition) is 2. The summed E-state index contributed by atoms with van der Waals surface area (Å²) < 4.78 is 0. The third-order valence-electron chi connectivity index (χ3n) is 5.80. The van der Waals surface area contributed by atoms with Gasteiger partial charge >= 0.3 is 0 Å². The van der Waals surface area contributed by atoms with Gasteiger partial charge in [-0.3, -0.25) is 9.69 Å². The number of para-hydroxylation sites is 1. The number of amides is 1. The standard InChI is InChI=1S/C23H25Cl2N3O/c1-27(15-16-10-18(24)12-19(25)11-16)20-7-9-28(23(29)13-20)8-6-17-14-26-22-5-3-2-4-21(17)22/h2-5,10-12,14,20,26H,6-9,13,15H2,1H3. The molecule has 2 heterocycles. The van der Waals surface area contributed by atoms with Crippen LogP contribution in [0.25, 0.3) is 10.9 Å². The molecule has 2 aromatic carbocycles. The molecule has 1 atom stereocenters. The number of rotatable bonds is 6. The molecule has 1 amide bonds. The highest BCUT2D eigenvalue weighted by molar-refractivity contribution is 6.34. The van der Waals surface area contributed by atoms with E-state index in [1.807, 2.05) is 23.1 Å². The smallest absolute Gasteiger partial charge is 0.224 e. The van der Waals surface area contributed by atoms with Crippen molar-refractivity contribution in [1.82, 2.24) is 14.8 Å². The summed E-state index contributed by atoms with van der Waals surface area (Å²) >= 11 is 12.2. The first-order valence-corrected chi connectivity index (χ1v) is 10.7. The number of nitrogens with zero attached hydrogens (tertiary/aromatic N) is 2. The van der Waals surface area contributed by atoms with Crippen LogP contribution in [0.1, 0.15) is 24.0 Å². The van der Waals surface area contributed by atoms with Crippen LogP contribution < -0.4 is 0 Å². The zero-order chi connectivity index (χ0) is 20.4. The summed E-state index contributed by atoms with van der Waals surface area (Å²) in [6.45, 7) is 2.29. The predicted molar refractivity (Wildman–Crippen MR) is 120 cm³/mol. The molecule has 29 heavy (non-hydrogen) atoms. The molecule has 1 unspecified atom stereocenters. The Bertz CT molecular complexity index is 996. The van der Waals surface area contributed by atoms with Gasteiger partial charge in [-0.15, -0.1) is 0 Å². The number of piperidine rings is 1. The molecule has 1 saturated heterocycles.